The summed E-state index contributed by atoms with van der Waals surface area (Å²) in [6.45, 7) is 19.4. The Kier molecular flexibility index (Phi) is 32.3. The van der Waals surface area contributed by atoms with E-state index in [1.807, 2.05) is 27.7 Å². The Morgan fingerprint density at radius 2 is 0.532 bits per heavy atom. The van der Waals surface area contributed by atoms with Crippen LogP contribution >= 0.6 is 0 Å². The van der Waals surface area contributed by atoms with E-state index in [4.69, 9.17) is 37.9 Å². The molecule has 0 spiro atoms. The van der Waals surface area contributed by atoms with Gasteiger partial charge in [-0.3, -0.25) is 38.4 Å². The van der Waals surface area contributed by atoms with Crippen LogP contribution in [-0.4, -0.2) is 111 Å². The normalized spacial score (nSPS) is 11.6. The summed E-state index contributed by atoms with van der Waals surface area (Å²) in [7, 11) is 0. The molecule has 1 aliphatic rings. The quantitative estimate of drug-likeness (QED) is 0.00880. The lowest BCUT2D eigenvalue weighted by Gasteiger charge is -2.25. The van der Waals surface area contributed by atoms with Crippen molar-refractivity contribution in [2.75, 3.05) is 52.9 Å². The molecule has 5 rings (SSSR count). The van der Waals surface area contributed by atoms with E-state index in [0.29, 0.717) is 92.4 Å². The molecule has 0 aliphatic heterocycles. The minimum absolute atomic E-state index is 0.0552. The zero-order valence-electron chi connectivity index (χ0n) is 56.6. The monoisotopic (exact) mass is 1300 g/mol. The van der Waals surface area contributed by atoms with Crippen LogP contribution in [-0.2, 0) is 73.4 Å². The molecule has 0 heterocycles. The van der Waals surface area contributed by atoms with Crippen LogP contribution in [0.5, 0.6) is 23.0 Å². The highest BCUT2D eigenvalue weighted by atomic mass is 16.6. The molecule has 0 atom stereocenters. The Bertz CT molecular complexity index is 3160. The Balaban J connectivity index is 2.03. The summed E-state index contributed by atoms with van der Waals surface area (Å²) < 4.78 is 49.3. The second-order valence-electron chi connectivity index (χ2n) is 24.1. The van der Waals surface area contributed by atoms with E-state index < -0.39 is 48.3 Å². The smallest absolute Gasteiger partial charge is 0.333 e. The van der Waals surface area contributed by atoms with Gasteiger partial charge in [-0.1, -0.05) is 92.2 Å². The second kappa shape index (κ2) is 39.9. The van der Waals surface area contributed by atoms with Crippen molar-refractivity contribution in [2.24, 2.45) is 0 Å². The van der Waals surface area contributed by atoms with Crippen LogP contribution in [0.3, 0.4) is 0 Å². The molecule has 0 saturated carbocycles. The molecule has 0 N–H and O–H groups in total. The molecule has 0 saturated heterocycles. The minimum atomic E-state index is -0.756. The van der Waals surface area contributed by atoms with E-state index in [2.05, 4.69) is 13.2 Å². The number of ketones is 6. The molecule has 0 aromatic heterocycles. The number of esters is 4. The van der Waals surface area contributed by atoms with Gasteiger partial charge in [-0.05, 0) is 146 Å². The minimum Gasteiger partial charge on any atom is -0.489 e. The first-order chi connectivity index (χ1) is 45.1. The first-order valence-electron chi connectivity index (χ1n) is 33.3. The van der Waals surface area contributed by atoms with Gasteiger partial charge in [0.05, 0.1) is 0 Å². The summed E-state index contributed by atoms with van der Waals surface area (Å²) in [6.07, 6.45) is 8.64. The summed E-state index contributed by atoms with van der Waals surface area (Å²) in [5.41, 5.74) is 5.32. The van der Waals surface area contributed by atoms with Gasteiger partial charge in [0.2, 0.25) is 0 Å². The number of ether oxygens (including phenoxy) is 8. The van der Waals surface area contributed by atoms with E-state index in [1.54, 1.807) is 48.5 Å². The maximum absolute atomic E-state index is 14.7. The molecule has 4 aromatic rings. The summed E-state index contributed by atoms with van der Waals surface area (Å²) in [5.74, 6) is -3.14. The number of fused-ring (bicyclic) bond motifs is 8. The molecule has 1 aliphatic carbocycles. The van der Waals surface area contributed by atoms with Crippen LogP contribution in [0.2, 0.25) is 0 Å². The highest BCUT2D eigenvalue weighted by molar-refractivity contribution is 6.00. The highest BCUT2D eigenvalue weighted by Gasteiger charge is 2.28. The predicted molar refractivity (Wildman–Crippen MR) is 357 cm³/mol. The van der Waals surface area contributed by atoms with Gasteiger partial charge in [0, 0.05) is 84.8 Å². The van der Waals surface area contributed by atoms with Crippen LogP contribution in [0.4, 0.5) is 0 Å². The van der Waals surface area contributed by atoms with Gasteiger partial charge in [0.15, 0.2) is 23.1 Å². The molecule has 18 nitrogen and oxygen atoms in total. The number of benzene rings is 4. The van der Waals surface area contributed by atoms with Crippen molar-refractivity contribution < 1.29 is 85.8 Å². The lowest BCUT2D eigenvalue weighted by atomic mass is 9.86. The topological polar surface area (TPSA) is 245 Å². The highest BCUT2D eigenvalue weighted by Crippen LogP contribution is 2.42. The molecule has 0 amide bonds. The van der Waals surface area contributed by atoms with E-state index in [0.717, 1.165) is 51.4 Å². The van der Waals surface area contributed by atoms with Crippen LogP contribution < -0.4 is 18.9 Å². The largest absolute Gasteiger partial charge is 0.489 e. The van der Waals surface area contributed by atoms with Gasteiger partial charge in [-0.25, -0.2) is 9.59 Å². The molecule has 0 fully saturated rings. The number of hydrogen-bond donors (Lipinski definition) is 0. The zero-order chi connectivity index (χ0) is 68.7. The van der Waals surface area contributed by atoms with Crippen molar-refractivity contribution in [2.45, 2.75) is 197 Å². The molecular formula is C76H96O18. The summed E-state index contributed by atoms with van der Waals surface area (Å²) in [5, 5.41) is 0. The fraction of sp³-hybridized carbons (Fsp3) is 0.500. The third kappa shape index (κ3) is 24.7. The van der Waals surface area contributed by atoms with Gasteiger partial charge in [-0.15, -0.1) is 0 Å². The fourth-order valence-corrected chi connectivity index (χ4v) is 10.9. The van der Waals surface area contributed by atoms with Gasteiger partial charge in [0.25, 0.3) is 0 Å². The van der Waals surface area contributed by atoms with Crippen molar-refractivity contribution >= 4 is 58.6 Å². The molecular weight excluding hydrogens is 1200 g/mol. The summed E-state index contributed by atoms with van der Waals surface area (Å²) in [4.78, 5) is 134. The number of carbonyl (C=O) groups is 10. The van der Waals surface area contributed by atoms with E-state index in [9.17, 15) is 47.9 Å². The second-order valence-corrected chi connectivity index (χ2v) is 24.1. The third-order valence-electron chi connectivity index (χ3n) is 15.6. The first-order valence-corrected chi connectivity index (χ1v) is 33.3. The van der Waals surface area contributed by atoms with E-state index in [-0.39, 0.29) is 161 Å². The van der Waals surface area contributed by atoms with Crippen LogP contribution in [0, 0.1) is 0 Å². The molecule has 8 bridgehead atoms. The van der Waals surface area contributed by atoms with Crippen molar-refractivity contribution in [3.8, 4) is 23.0 Å². The number of rotatable bonds is 42. The molecule has 18 heteroatoms. The van der Waals surface area contributed by atoms with Gasteiger partial charge in [0.1, 0.15) is 100 Å². The zero-order valence-corrected chi connectivity index (χ0v) is 56.6. The SMILES string of the molecule is C=C(C)C(=O)OCCOc1c2cc(C(=O)CCCCC)cc1Cc1cc(C(=O)CCCCC)cc(c1OCCOC(=O)C(=C)C)Cc1cc(C(=O)CCCCC)cc(c1OCCOC(=O)CC(C)=O)Cc1cc(C(=O)CCCCC)cc(c1OCCOC(=O)CC(C)=O)C2. The van der Waals surface area contributed by atoms with Gasteiger partial charge >= 0.3 is 23.9 Å². The fourth-order valence-electron chi connectivity index (χ4n) is 10.9. The molecule has 0 unspecified atom stereocenters. The third-order valence-corrected chi connectivity index (χ3v) is 15.6. The van der Waals surface area contributed by atoms with Crippen molar-refractivity contribution in [1.82, 2.24) is 0 Å². The van der Waals surface area contributed by atoms with Crippen LogP contribution in [0.15, 0.2) is 72.8 Å². The number of carbonyl (C=O) groups excluding carboxylic acids is 10. The lowest BCUT2D eigenvalue weighted by molar-refractivity contribution is -0.147. The van der Waals surface area contributed by atoms with Crippen molar-refractivity contribution in [1.29, 1.82) is 0 Å². The first kappa shape index (κ1) is 76.2. The van der Waals surface area contributed by atoms with Gasteiger partial charge < -0.3 is 37.9 Å². The summed E-state index contributed by atoms with van der Waals surface area (Å²) in [6, 6.07) is 14.0. The van der Waals surface area contributed by atoms with Crippen LogP contribution in [0.1, 0.15) is 257 Å². The van der Waals surface area contributed by atoms with Gasteiger partial charge in [-0.2, -0.15) is 0 Å². The number of unbranched alkanes of at least 4 members (excludes halogenated alkanes) is 8. The maximum Gasteiger partial charge on any atom is 0.333 e. The summed E-state index contributed by atoms with van der Waals surface area (Å²) >= 11 is 0. The Labute approximate surface area is 554 Å². The lowest BCUT2D eigenvalue weighted by Crippen LogP contribution is -2.18. The van der Waals surface area contributed by atoms with E-state index in [1.165, 1.54) is 27.7 Å². The average Bonchev–Trinajstić information content (AvgIpc) is 0.774. The molecule has 0 radical (unpaired) electrons. The van der Waals surface area contributed by atoms with Crippen molar-refractivity contribution in [3.05, 3.63) is 140 Å². The Morgan fingerprint density at radius 3 is 0.723 bits per heavy atom. The van der Waals surface area contributed by atoms with E-state index >= 15 is 0 Å². The number of Topliss-reactive ketones (excluding diaryl/α,β-unsaturated/α-hetero) is 6. The molecule has 4 aromatic carbocycles. The number of hydrogen-bond acceptors (Lipinski definition) is 18. The molecule has 508 valence electrons. The Morgan fingerprint density at radius 1 is 0.319 bits per heavy atom. The molecule has 94 heavy (non-hydrogen) atoms. The Hall–Kier alpha value is -8.54. The average molecular weight is 1300 g/mol. The van der Waals surface area contributed by atoms with Crippen LogP contribution in [0.25, 0.3) is 0 Å². The maximum atomic E-state index is 14.7. The van der Waals surface area contributed by atoms with Crippen molar-refractivity contribution in [3.63, 3.8) is 0 Å². The predicted octanol–water partition coefficient (Wildman–Crippen LogP) is 14.2. The standard InChI is InChI=1S/C76H96O18/c1-11-15-19-23-65(79)53-37-57-45-58-38-54(66(80)24-20-16-12-2)40-60(72(58)90-30-28-88-70(84)36-52(10)78)47-62-42-56(68(82)26-22-18-14-4)44-64(74(62)92-32-34-94-76(86)50(7)8)48-63-43-55(67(81)25-21-17-13-3)41-61(73(63)91-31-33-93-75(85)49(5)6)46-59(39-53)71(57)89-29-27-87-69(83)35-51(9)77/h37-44H,5,7,11-36,45-48H2,1-4,6,8-10H3.